The molecule has 0 radical (unpaired) electrons. The Morgan fingerprint density at radius 2 is 1.80 bits per heavy atom. The van der Waals surface area contributed by atoms with Gasteiger partial charge in [0, 0.05) is 12.1 Å². The highest BCUT2D eigenvalue weighted by atomic mass is 127. The fourth-order valence-electron chi connectivity index (χ4n) is 0.726. The van der Waals surface area contributed by atoms with E-state index in [0.717, 1.165) is 12.1 Å². The SMILES string of the molecule is O=C(O)c1ccc([N+](=O)[O-])cc1.OCI. The van der Waals surface area contributed by atoms with Crippen molar-refractivity contribution in [3.05, 3.63) is 39.9 Å². The van der Waals surface area contributed by atoms with Gasteiger partial charge < -0.3 is 10.2 Å². The maximum absolute atomic E-state index is 10.3. The standard InChI is InChI=1S/C7H5NO4.CH3IO/c9-7(10)5-1-3-6(4-2-5)8(11)12;2-1-3/h1-4H,(H,9,10);3H,1H2. The number of benzene rings is 1. The Hall–Kier alpha value is -1.22. The minimum atomic E-state index is -1.09. The summed E-state index contributed by atoms with van der Waals surface area (Å²) in [6.07, 6.45) is 0. The van der Waals surface area contributed by atoms with E-state index in [0.29, 0.717) is 0 Å². The molecule has 7 heteroatoms. The number of carboxylic acids is 1. The van der Waals surface area contributed by atoms with E-state index in [2.05, 4.69) is 0 Å². The molecule has 0 unspecified atom stereocenters. The Morgan fingerprint density at radius 3 is 2.07 bits per heavy atom. The normalized spacial score (nSPS) is 8.67. The molecule has 0 saturated carbocycles. The highest BCUT2D eigenvalue weighted by Crippen LogP contribution is 2.11. The predicted molar refractivity (Wildman–Crippen MR) is 61.2 cm³/mol. The number of nitro benzene ring substituents is 1. The number of non-ortho nitro benzene ring substituents is 1. The maximum atomic E-state index is 10.3. The summed E-state index contributed by atoms with van der Waals surface area (Å²) in [5.41, 5.74) is -0.0689. The van der Waals surface area contributed by atoms with Crippen LogP contribution in [-0.2, 0) is 0 Å². The molecule has 0 fully saturated rings. The van der Waals surface area contributed by atoms with Crippen LogP contribution in [0.1, 0.15) is 10.4 Å². The molecule has 0 aliphatic rings. The van der Waals surface area contributed by atoms with Gasteiger partial charge in [-0.2, -0.15) is 0 Å². The quantitative estimate of drug-likeness (QED) is 0.373. The van der Waals surface area contributed by atoms with Crippen LogP contribution in [0.2, 0.25) is 0 Å². The highest BCUT2D eigenvalue weighted by Gasteiger charge is 2.06. The first kappa shape index (κ1) is 13.8. The van der Waals surface area contributed by atoms with Crippen LogP contribution in [-0.4, -0.2) is 25.7 Å². The van der Waals surface area contributed by atoms with E-state index < -0.39 is 10.9 Å². The lowest BCUT2D eigenvalue weighted by Crippen LogP contribution is -1.96. The molecule has 0 aliphatic carbocycles. The van der Waals surface area contributed by atoms with Crippen molar-refractivity contribution in [3.8, 4) is 0 Å². The summed E-state index contributed by atoms with van der Waals surface area (Å²) in [5.74, 6) is -1.09. The molecule has 6 nitrogen and oxygen atoms in total. The molecule has 1 rings (SSSR count). The van der Waals surface area contributed by atoms with E-state index in [-0.39, 0.29) is 15.9 Å². The average molecular weight is 325 g/mol. The van der Waals surface area contributed by atoms with E-state index in [1.165, 1.54) is 12.1 Å². The molecule has 2 N–H and O–H groups in total. The number of alkyl halides is 1. The minimum absolute atomic E-state index is 0.0422. The van der Waals surface area contributed by atoms with E-state index in [9.17, 15) is 14.9 Å². The third-order valence-electron chi connectivity index (χ3n) is 1.33. The molecule has 82 valence electrons. The maximum Gasteiger partial charge on any atom is 0.335 e. The van der Waals surface area contributed by atoms with Crippen LogP contribution < -0.4 is 0 Å². The molecule has 0 aliphatic heterocycles. The molecule has 1 aromatic rings. The molecule has 0 heterocycles. The van der Waals surface area contributed by atoms with Gasteiger partial charge in [-0.15, -0.1) is 0 Å². The van der Waals surface area contributed by atoms with Crippen molar-refractivity contribution in [2.75, 3.05) is 4.61 Å². The second-order valence-corrected chi connectivity index (χ2v) is 2.91. The largest absolute Gasteiger partial charge is 0.478 e. The summed E-state index contributed by atoms with van der Waals surface area (Å²) in [6, 6.07) is 4.70. The number of rotatable bonds is 2. The molecule has 0 bridgehead atoms. The van der Waals surface area contributed by atoms with E-state index >= 15 is 0 Å². The van der Waals surface area contributed by atoms with Crippen LogP contribution in [0.15, 0.2) is 24.3 Å². The van der Waals surface area contributed by atoms with Crippen LogP contribution in [0.25, 0.3) is 0 Å². The first-order chi connectivity index (χ1) is 7.02. The van der Waals surface area contributed by atoms with Gasteiger partial charge in [0.05, 0.1) is 15.1 Å². The number of carboxylic acid groups (broad SMARTS) is 1. The molecule has 0 spiro atoms. The first-order valence-corrected chi connectivity index (χ1v) is 5.20. The van der Waals surface area contributed by atoms with E-state index in [4.69, 9.17) is 10.2 Å². The highest BCUT2D eigenvalue weighted by molar-refractivity contribution is 14.1. The molecule has 0 amide bonds. The van der Waals surface area contributed by atoms with Crippen molar-refractivity contribution in [1.82, 2.24) is 0 Å². The Labute approximate surface area is 98.8 Å². The fourth-order valence-corrected chi connectivity index (χ4v) is 0.726. The Kier molecular flexibility index (Phi) is 6.54. The van der Waals surface area contributed by atoms with Gasteiger partial charge in [0.1, 0.15) is 0 Å². The topological polar surface area (TPSA) is 101 Å². The predicted octanol–water partition coefficient (Wildman–Crippen LogP) is 1.66. The number of hydrogen-bond acceptors (Lipinski definition) is 4. The number of aliphatic hydroxyl groups is 1. The summed E-state index contributed by atoms with van der Waals surface area (Å²) in [4.78, 5) is 19.9. The zero-order chi connectivity index (χ0) is 11.8. The summed E-state index contributed by atoms with van der Waals surface area (Å²) in [6.45, 7) is 0. The van der Waals surface area contributed by atoms with Gasteiger partial charge in [0.2, 0.25) is 0 Å². The molecular weight excluding hydrogens is 317 g/mol. The number of halogens is 1. The summed E-state index contributed by atoms with van der Waals surface area (Å²) >= 11 is 1.84. The van der Waals surface area contributed by atoms with Crippen molar-refractivity contribution >= 4 is 34.2 Å². The van der Waals surface area contributed by atoms with Gasteiger partial charge in [-0.05, 0) is 12.1 Å². The zero-order valence-electron chi connectivity index (χ0n) is 7.46. The van der Waals surface area contributed by atoms with Gasteiger partial charge in [-0.25, -0.2) is 4.79 Å². The summed E-state index contributed by atoms with van der Waals surface area (Å²) in [5, 5.41) is 26.1. The molecule has 1 aromatic carbocycles. The second-order valence-electron chi connectivity index (χ2n) is 2.23. The van der Waals surface area contributed by atoms with Crippen molar-refractivity contribution < 1.29 is 19.9 Å². The van der Waals surface area contributed by atoms with Gasteiger partial charge in [-0.1, -0.05) is 22.6 Å². The summed E-state index contributed by atoms with van der Waals surface area (Å²) in [7, 11) is 0. The molecule has 0 aromatic heterocycles. The van der Waals surface area contributed by atoms with Crippen molar-refractivity contribution in [1.29, 1.82) is 0 Å². The number of hydrogen-bond donors (Lipinski definition) is 2. The monoisotopic (exact) mass is 325 g/mol. The van der Waals surface area contributed by atoms with Crippen LogP contribution in [0.5, 0.6) is 0 Å². The average Bonchev–Trinajstić information content (AvgIpc) is 2.19. The number of aliphatic hydroxyl groups excluding tert-OH is 1. The van der Waals surface area contributed by atoms with Crippen LogP contribution >= 0.6 is 22.6 Å². The number of carbonyl (C=O) groups is 1. The molecule has 15 heavy (non-hydrogen) atoms. The molecule has 0 saturated heterocycles. The van der Waals surface area contributed by atoms with Crippen LogP contribution in [0.3, 0.4) is 0 Å². The van der Waals surface area contributed by atoms with Crippen molar-refractivity contribution in [2.24, 2.45) is 0 Å². The summed E-state index contributed by atoms with van der Waals surface area (Å²) < 4.78 is 0.220. The Bertz CT molecular complexity index is 304. The van der Waals surface area contributed by atoms with E-state index in [1.807, 2.05) is 22.6 Å². The van der Waals surface area contributed by atoms with Gasteiger partial charge in [0.15, 0.2) is 0 Å². The lowest BCUT2D eigenvalue weighted by molar-refractivity contribution is -0.384. The fraction of sp³-hybridized carbons (Fsp3) is 0.125. The Morgan fingerprint density at radius 1 is 1.40 bits per heavy atom. The van der Waals surface area contributed by atoms with Crippen LogP contribution in [0.4, 0.5) is 5.69 Å². The smallest absolute Gasteiger partial charge is 0.335 e. The number of nitrogens with zero attached hydrogens (tertiary/aromatic N) is 1. The van der Waals surface area contributed by atoms with Crippen LogP contribution in [0, 0.1) is 10.1 Å². The van der Waals surface area contributed by atoms with Gasteiger partial charge >= 0.3 is 5.97 Å². The Balaban J connectivity index is 0.000000583. The third-order valence-corrected chi connectivity index (χ3v) is 1.33. The minimum Gasteiger partial charge on any atom is -0.478 e. The lowest BCUT2D eigenvalue weighted by atomic mass is 10.2. The number of nitro groups is 1. The third kappa shape index (κ3) is 5.27. The zero-order valence-corrected chi connectivity index (χ0v) is 9.62. The lowest BCUT2D eigenvalue weighted by Gasteiger charge is -1.92. The first-order valence-electron chi connectivity index (χ1n) is 3.67. The van der Waals surface area contributed by atoms with Gasteiger partial charge in [-0.3, -0.25) is 10.1 Å². The van der Waals surface area contributed by atoms with Gasteiger partial charge in [0.25, 0.3) is 5.69 Å². The number of aromatic carboxylic acids is 1. The van der Waals surface area contributed by atoms with Crippen molar-refractivity contribution in [3.63, 3.8) is 0 Å². The molecular formula is C8H8INO5. The molecule has 0 atom stereocenters. The van der Waals surface area contributed by atoms with Crippen molar-refractivity contribution in [2.45, 2.75) is 0 Å². The van der Waals surface area contributed by atoms with E-state index in [1.54, 1.807) is 0 Å². The second kappa shape index (κ2) is 7.12.